The standard InChI is InChI=1S/C10H11ClFNO/c1-13-6-8(14)4-7-2-3-9(11)10(12)5-7/h2-3,5,13H,4,6H2,1H3. The molecule has 76 valence electrons. The van der Waals surface area contributed by atoms with Crippen molar-refractivity contribution >= 4 is 17.4 Å². The van der Waals surface area contributed by atoms with Gasteiger partial charge in [0.25, 0.3) is 0 Å². The summed E-state index contributed by atoms with van der Waals surface area (Å²) in [6.45, 7) is 0.296. The van der Waals surface area contributed by atoms with Crippen LogP contribution in [-0.2, 0) is 11.2 Å². The fourth-order valence-electron chi connectivity index (χ4n) is 1.14. The lowest BCUT2D eigenvalue weighted by atomic mass is 10.1. The second kappa shape index (κ2) is 5.08. The summed E-state index contributed by atoms with van der Waals surface area (Å²) in [6, 6.07) is 4.40. The predicted octanol–water partition coefficient (Wildman–Crippen LogP) is 1.81. The Bertz CT molecular complexity index is 341. The maximum atomic E-state index is 13.0. The predicted molar refractivity (Wildman–Crippen MR) is 54.0 cm³/mol. The van der Waals surface area contributed by atoms with Gasteiger partial charge < -0.3 is 5.32 Å². The van der Waals surface area contributed by atoms with E-state index in [1.807, 2.05) is 0 Å². The number of halogens is 2. The van der Waals surface area contributed by atoms with Crippen LogP contribution in [0.15, 0.2) is 18.2 Å². The highest BCUT2D eigenvalue weighted by Gasteiger charge is 2.05. The van der Waals surface area contributed by atoms with Crippen LogP contribution in [0.2, 0.25) is 5.02 Å². The number of benzene rings is 1. The summed E-state index contributed by atoms with van der Waals surface area (Å²) in [5.74, 6) is -0.462. The molecule has 0 aromatic heterocycles. The summed E-state index contributed by atoms with van der Waals surface area (Å²) in [5.41, 5.74) is 0.646. The van der Waals surface area contributed by atoms with E-state index in [0.717, 1.165) is 0 Å². The zero-order valence-electron chi connectivity index (χ0n) is 7.81. The third kappa shape index (κ3) is 3.09. The Morgan fingerprint density at radius 2 is 2.29 bits per heavy atom. The first kappa shape index (κ1) is 11.1. The van der Waals surface area contributed by atoms with Gasteiger partial charge in [0.2, 0.25) is 0 Å². The minimum Gasteiger partial charge on any atom is -0.313 e. The summed E-state index contributed by atoms with van der Waals surface area (Å²) < 4.78 is 13.0. The first-order valence-electron chi connectivity index (χ1n) is 4.23. The summed E-state index contributed by atoms with van der Waals surface area (Å²) in [7, 11) is 1.69. The quantitative estimate of drug-likeness (QED) is 0.830. The number of hydrogen-bond donors (Lipinski definition) is 1. The molecule has 0 spiro atoms. The molecule has 2 nitrogen and oxygen atoms in total. The van der Waals surface area contributed by atoms with Gasteiger partial charge in [-0.1, -0.05) is 17.7 Å². The highest BCUT2D eigenvalue weighted by molar-refractivity contribution is 6.30. The lowest BCUT2D eigenvalue weighted by molar-refractivity contribution is -0.117. The van der Waals surface area contributed by atoms with Crippen molar-refractivity contribution in [3.05, 3.63) is 34.6 Å². The topological polar surface area (TPSA) is 29.1 Å². The van der Waals surface area contributed by atoms with Crippen LogP contribution in [0.25, 0.3) is 0 Å². The number of hydrogen-bond acceptors (Lipinski definition) is 2. The summed E-state index contributed by atoms with van der Waals surface area (Å²) >= 11 is 5.51. The smallest absolute Gasteiger partial charge is 0.150 e. The van der Waals surface area contributed by atoms with Crippen LogP contribution in [0.5, 0.6) is 0 Å². The molecule has 0 unspecified atom stereocenters. The molecule has 0 saturated carbocycles. The van der Waals surface area contributed by atoms with Crippen LogP contribution in [0.3, 0.4) is 0 Å². The van der Waals surface area contributed by atoms with E-state index < -0.39 is 5.82 Å². The molecule has 1 N–H and O–H groups in total. The van der Waals surface area contributed by atoms with E-state index in [1.165, 1.54) is 12.1 Å². The number of Topliss-reactive ketones (excluding diaryl/α,β-unsaturated/α-hetero) is 1. The van der Waals surface area contributed by atoms with Gasteiger partial charge in [0.05, 0.1) is 11.6 Å². The van der Waals surface area contributed by atoms with Gasteiger partial charge in [0, 0.05) is 6.42 Å². The van der Waals surface area contributed by atoms with Crippen LogP contribution in [0.1, 0.15) is 5.56 Å². The van der Waals surface area contributed by atoms with E-state index in [4.69, 9.17) is 11.6 Å². The zero-order valence-corrected chi connectivity index (χ0v) is 8.57. The molecule has 0 atom stereocenters. The highest BCUT2D eigenvalue weighted by atomic mass is 35.5. The Balaban J connectivity index is 2.68. The van der Waals surface area contributed by atoms with Gasteiger partial charge in [-0.05, 0) is 24.7 Å². The Morgan fingerprint density at radius 1 is 1.57 bits per heavy atom. The number of ketones is 1. The van der Waals surface area contributed by atoms with Crippen molar-refractivity contribution in [2.45, 2.75) is 6.42 Å². The van der Waals surface area contributed by atoms with E-state index in [1.54, 1.807) is 13.1 Å². The van der Waals surface area contributed by atoms with Crippen molar-refractivity contribution in [1.82, 2.24) is 5.32 Å². The van der Waals surface area contributed by atoms with Gasteiger partial charge in [0.1, 0.15) is 5.82 Å². The number of carbonyl (C=O) groups excluding carboxylic acids is 1. The fourth-order valence-corrected chi connectivity index (χ4v) is 1.25. The lowest BCUT2D eigenvalue weighted by Crippen LogP contribution is -2.20. The van der Waals surface area contributed by atoms with Gasteiger partial charge >= 0.3 is 0 Å². The first-order valence-corrected chi connectivity index (χ1v) is 4.61. The summed E-state index contributed by atoms with van der Waals surface area (Å²) in [4.78, 5) is 11.2. The second-order valence-electron chi connectivity index (χ2n) is 2.99. The van der Waals surface area contributed by atoms with Crippen LogP contribution in [0.4, 0.5) is 4.39 Å². The van der Waals surface area contributed by atoms with Gasteiger partial charge in [-0.15, -0.1) is 0 Å². The van der Waals surface area contributed by atoms with Crippen LogP contribution >= 0.6 is 11.6 Å². The molecule has 4 heteroatoms. The van der Waals surface area contributed by atoms with E-state index in [2.05, 4.69) is 5.32 Å². The van der Waals surface area contributed by atoms with Gasteiger partial charge in [0.15, 0.2) is 5.78 Å². The minimum atomic E-state index is -0.485. The first-order chi connectivity index (χ1) is 6.63. The van der Waals surface area contributed by atoms with E-state index in [0.29, 0.717) is 12.1 Å². The van der Waals surface area contributed by atoms with Crippen molar-refractivity contribution in [1.29, 1.82) is 0 Å². The van der Waals surface area contributed by atoms with Crippen LogP contribution in [-0.4, -0.2) is 19.4 Å². The molecular formula is C10H11ClFNO. The molecule has 1 aromatic carbocycles. The largest absolute Gasteiger partial charge is 0.313 e. The molecule has 0 aliphatic heterocycles. The molecule has 0 amide bonds. The van der Waals surface area contributed by atoms with E-state index in [9.17, 15) is 9.18 Å². The maximum absolute atomic E-state index is 13.0. The second-order valence-corrected chi connectivity index (χ2v) is 3.40. The average Bonchev–Trinajstić information content (AvgIpc) is 2.12. The Kier molecular flexibility index (Phi) is 4.04. The summed E-state index contributed by atoms with van der Waals surface area (Å²) in [5, 5.41) is 2.82. The molecule has 0 bridgehead atoms. The highest BCUT2D eigenvalue weighted by Crippen LogP contribution is 2.15. The Hall–Kier alpha value is -0.930. The fraction of sp³-hybridized carbons (Fsp3) is 0.300. The number of likely N-dealkylation sites (N-methyl/N-ethyl adjacent to an activating group) is 1. The van der Waals surface area contributed by atoms with Gasteiger partial charge in [-0.2, -0.15) is 0 Å². The molecule has 0 aliphatic rings. The van der Waals surface area contributed by atoms with E-state index >= 15 is 0 Å². The lowest BCUT2D eigenvalue weighted by Gasteiger charge is -2.01. The van der Waals surface area contributed by atoms with Crippen molar-refractivity contribution < 1.29 is 9.18 Å². The normalized spacial score (nSPS) is 10.2. The van der Waals surface area contributed by atoms with Crippen molar-refractivity contribution in [3.8, 4) is 0 Å². The Morgan fingerprint density at radius 3 is 2.86 bits per heavy atom. The van der Waals surface area contributed by atoms with Crippen LogP contribution in [0, 0.1) is 5.82 Å². The molecule has 1 aromatic rings. The Labute approximate surface area is 87.1 Å². The van der Waals surface area contributed by atoms with E-state index in [-0.39, 0.29) is 17.2 Å². The third-order valence-electron chi connectivity index (χ3n) is 1.76. The molecule has 0 radical (unpaired) electrons. The minimum absolute atomic E-state index is 0.0224. The maximum Gasteiger partial charge on any atom is 0.150 e. The van der Waals surface area contributed by atoms with Crippen LogP contribution < -0.4 is 5.32 Å². The zero-order chi connectivity index (χ0) is 10.6. The monoisotopic (exact) mass is 215 g/mol. The van der Waals surface area contributed by atoms with Crippen molar-refractivity contribution in [3.63, 3.8) is 0 Å². The molecule has 0 aliphatic carbocycles. The SMILES string of the molecule is CNCC(=O)Cc1ccc(Cl)c(F)c1. The molecule has 0 heterocycles. The van der Waals surface area contributed by atoms with Gasteiger partial charge in [-0.3, -0.25) is 4.79 Å². The number of nitrogens with one attached hydrogen (secondary N) is 1. The van der Waals surface area contributed by atoms with Crippen molar-refractivity contribution in [2.75, 3.05) is 13.6 Å². The molecule has 0 fully saturated rings. The van der Waals surface area contributed by atoms with Crippen molar-refractivity contribution in [2.24, 2.45) is 0 Å². The summed E-state index contributed by atoms with van der Waals surface area (Å²) in [6.07, 6.45) is 0.231. The molecular weight excluding hydrogens is 205 g/mol. The van der Waals surface area contributed by atoms with Gasteiger partial charge in [-0.25, -0.2) is 4.39 Å². The average molecular weight is 216 g/mol. The third-order valence-corrected chi connectivity index (χ3v) is 2.07. The number of carbonyl (C=O) groups is 1. The number of rotatable bonds is 4. The molecule has 1 rings (SSSR count). The molecule has 0 saturated heterocycles. The molecule has 14 heavy (non-hydrogen) atoms.